The summed E-state index contributed by atoms with van der Waals surface area (Å²) in [7, 11) is 2.02. The maximum absolute atomic E-state index is 10.4. The lowest BCUT2D eigenvalue weighted by Crippen LogP contribution is -2.46. The standard InChI is InChI=1S/C12H18N2O2/c1-14-7-4-12(16,5-8-14)11(15)10-3-2-6-13-9-10/h2-3,6,9,11,15-16H,4-5,7-8H2,1H3. The second-order valence-corrected chi connectivity index (χ2v) is 4.60. The molecule has 1 unspecified atom stereocenters. The highest BCUT2D eigenvalue weighted by atomic mass is 16.3. The van der Waals surface area contributed by atoms with E-state index >= 15 is 0 Å². The van der Waals surface area contributed by atoms with E-state index in [1.165, 1.54) is 0 Å². The van der Waals surface area contributed by atoms with Gasteiger partial charge in [-0.3, -0.25) is 4.98 Å². The fraction of sp³-hybridized carbons (Fsp3) is 0.583. The minimum Gasteiger partial charge on any atom is -0.387 e. The van der Waals surface area contributed by atoms with Crippen molar-refractivity contribution in [2.45, 2.75) is 24.5 Å². The predicted octanol–water partition coefficient (Wildman–Crippen LogP) is 0.572. The zero-order valence-electron chi connectivity index (χ0n) is 9.50. The molecule has 1 aliphatic rings. The molecule has 1 saturated heterocycles. The quantitative estimate of drug-likeness (QED) is 0.768. The highest BCUT2D eigenvalue weighted by molar-refractivity contribution is 5.16. The summed E-state index contributed by atoms with van der Waals surface area (Å²) < 4.78 is 0. The third kappa shape index (κ3) is 2.24. The first-order valence-corrected chi connectivity index (χ1v) is 5.61. The molecule has 2 N–H and O–H groups in total. The van der Waals surface area contributed by atoms with Gasteiger partial charge in [0.1, 0.15) is 6.10 Å². The van der Waals surface area contributed by atoms with Crippen molar-refractivity contribution in [3.05, 3.63) is 30.1 Å². The number of hydrogen-bond acceptors (Lipinski definition) is 4. The molecule has 2 rings (SSSR count). The fourth-order valence-electron chi connectivity index (χ4n) is 2.13. The van der Waals surface area contributed by atoms with E-state index in [1.807, 2.05) is 7.05 Å². The molecule has 0 aromatic carbocycles. The third-order valence-electron chi connectivity index (χ3n) is 3.36. The smallest absolute Gasteiger partial charge is 0.109 e. The van der Waals surface area contributed by atoms with Gasteiger partial charge >= 0.3 is 0 Å². The molecule has 4 heteroatoms. The van der Waals surface area contributed by atoms with Crippen LogP contribution in [0, 0.1) is 0 Å². The van der Waals surface area contributed by atoms with E-state index in [0.717, 1.165) is 13.1 Å². The molecule has 1 fully saturated rings. The van der Waals surface area contributed by atoms with Gasteiger partial charge in [0.25, 0.3) is 0 Å². The van der Waals surface area contributed by atoms with Crippen LogP contribution in [0.4, 0.5) is 0 Å². The molecule has 4 nitrogen and oxygen atoms in total. The summed E-state index contributed by atoms with van der Waals surface area (Å²) in [5.74, 6) is 0. The van der Waals surface area contributed by atoms with Crippen molar-refractivity contribution >= 4 is 0 Å². The van der Waals surface area contributed by atoms with Crippen molar-refractivity contribution in [3.8, 4) is 0 Å². The molecular weight excluding hydrogens is 204 g/mol. The molecule has 1 aromatic rings. The van der Waals surface area contributed by atoms with Crippen molar-refractivity contribution in [2.75, 3.05) is 20.1 Å². The Bertz CT molecular complexity index is 334. The van der Waals surface area contributed by atoms with Crippen LogP contribution in [0.25, 0.3) is 0 Å². The van der Waals surface area contributed by atoms with Gasteiger partial charge in [0.05, 0.1) is 5.60 Å². The molecule has 0 spiro atoms. The molecule has 1 aliphatic heterocycles. The Balaban J connectivity index is 2.12. The molecule has 0 radical (unpaired) electrons. The number of nitrogens with zero attached hydrogens (tertiary/aromatic N) is 2. The highest BCUT2D eigenvalue weighted by Gasteiger charge is 2.38. The van der Waals surface area contributed by atoms with Gasteiger partial charge < -0.3 is 15.1 Å². The van der Waals surface area contributed by atoms with Crippen molar-refractivity contribution in [3.63, 3.8) is 0 Å². The molecular formula is C12H18N2O2. The highest BCUT2D eigenvalue weighted by Crippen LogP contribution is 2.34. The van der Waals surface area contributed by atoms with E-state index in [-0.39, 0.29) is 0 Å². The van der Waals surface area contributed by atoms with Gasteiger partial charge in [0.2, 0.25) is 0 Å². The van der Waals surface area contributed by atoms with Crippen LogP contribution in [0.1, 0.15) is 24.5 Å². The van der Waals surface area contributed by atoms with Gasteiger partial charge in [0, 0.05) is 31.0 Å². The molecule has 88 valence electrons. The summed E-state index contributed by atoms with van der Waals surface area (Å²) >= 11 is 0. The molecule has 0 saturated carbocycles. The monoisotopic (exact) mass is 222 g/mol. The molecule has 1 atom stereocenters. The number of aromatic nitrogens is 1. The lowest BCUT2D eigenvalue weighted by Gasteiger charge is -2.39. The molecule has 0 bridgehead atoms. The van der Waals surface area contributed by atoms with E-state index in [9.17, 15) is 10.2 Å². The van der Waals surface area contributed by atoms with Crippen molar-refractivity contribution in [1.82, 2.24) is 9.88 Å². The zero-order valence-corrected chi connectivity index (χ0v) is 9.50. The van der Waals surface area contributed by atoms with Crippen LogP contribution in [0.15, 0.2) is 24.5 Å². The topological polar surface area (TPSA) is 56.6 Å². The van der Waals surface area contributed by atoms with Gasteiger partial charge in [-0.1, -0.05) is 6.07 Å². The number of hydrogen-bond donors (Lipinski definition) is 2. The minimum atomic E-state index is -1.00. The Kier molecular flexibility index (Phi) is 3.23. The lowest BCUT2D eigenvalue weighted by atomic mass is 9.83. The number of piperidine rings is 1. The summed E-state index contributed by atoms with van der Waals surface area (Å²) in [5, 5.41) is 20.6. The van der Waals surface area contributed by atoms with Gasteiger partial charge in [0.15, 0.2) is 0 Å². The largest absolute Gasteiger partial charge is 0.387 e. The normalized spacial score (nSPS) is 22.9. The van der Waals surface area contributed by atoms with Crippen LogP contribution >= 0.6 is 0 Å². The van der Waals surface area contributed by atoms with Gasteiger partial charge in [-0.25, -0.2) is 0 Å². The van der Waals surface area contributed by atoms with Crippen LogP contribution in [-0.2, 0) is 0 Å². The first kappa shape index (κ1) is 11.5. The SMILES string of the molecule is CN1CCC(O)(C(O)c2cccnc2)CC1. The maximum atomic E-state index is 10.4. The van der Waals surface area contributed by atoms with E-state index in [1.54, 1.807) is 24.5 Å². The number of aliphatic hydroxyl groups is 2. The van der Waals surface area contributed by atoms with E-state index < -0.39 is 11.7 Å². The van der Waals surface area contributed by atoms with Gasteiger partial charge in [-0.15, -0.1) is 0 Å². The van der Waals surface area contributed by atoms with Crippen molar-refractivity contribution < 1.29 is 10.2 Å². The Labute approximate surface area is 95.5 Å². The molecule has 0 amide bonds. The van der Waals surface area contributed by atoms with Crippen molar-refractivity contribution in [1.29, 1.82) is 0 Å². The summed E-state index contributed by atoms with van der Waals surface area (Å²) in [5.41, 5.74) is -0.315. The lowest BCUT2D eigenvalue weighted by molar-refractivity contribution is -0.108. The molecule has 0 aliphatic carbocycles. The zero-order chi connectivity index (χ0) is 11.6. The summed E-state index contributed by atoms with van der Waals surface area (Å²) in [4.78, 5) is 6.12. The van der Waals surface area contributed by atoms with E-state index in [4.69, 9.17) is 0 Å². The second-order valence-electron chi connectivity index (χ2n) is 4.60. The Morgan fingerprint density at radius 2 is 2.12 bits per heavy atom. The molecule has 2 heterocycles. The average Bonchev–Trinajstić information content (AvgIpc) is 2.33. The fourth-order valence-corrected chi connectivity index (χ4v) is 2.13. The second kappa shape index (κ2) is 4.49. The first-order chi connectivity index (χ1) is 7.62. The van der Waals surface area contributed by atoms with Gasteiger partial charge in [-0.2, -0.15) is 0 Å². The summed E-state index contributed by atoms with van der Waals surface area (Å²) in [6, 6.07) is 3.57. The minimum absolute atomic E-state index is 0.597. The Hall–Kier alpha value is -0.970. The molecule has 16 heavy (non-hydrogen) atoms. The average molecular weight is 222 g/mol. The number of likely N-dealkylation sites (tertiary alicyclic amines) is 1. The number of aliphatic hydroxyl groups excluding tert-OH is 1. The van der Waals surface area contributed by atoms with Crippen LogP contribution in [-0.4, -0.2) is 45.8 Å². The Morgan fingerprint density at radius 3 is 2.69 bits per heavy atom. The Morgan fingerprint density at radius 1 is 1.44 bits per heavy atom. The van der Waals surface area contributed by atoms with E-state index in [2.05, 4.69) is 9.88 Å². The summed E-state index contributed by atoms with van der Waals surface area (Å²) in [6.07, 6.45) is 3.63. The van der Waals surface area contributed by atoms with Gasteiger partial charge in [-0.05, 0) is 26.0 Å². The van der Waals surface area contributed by atoms with Crippen LogP contribution < -0.4 is 0 Å². The number of rotatable bonds is 2. The van der Waals surface area contributed by atoms with Crippen LogP contribution in [0.5, 0.6) is 0 Å². The predicted molar refractivity (Wildman–Crippen MR) is 60.9 cm³/mol. The maximum Gasteiger partial charge on any atom is 0.109 e. The summed E-state index contributed by atoms with van der Waals surface area (Å²) in [6.45, 7) is 1.63. The van der Waals surface area contributed by atoms with Crippen LogP contribution in [0.2, 0.25) is 0 Å². The first-order valence-electron chi connectivity index (χ1n) is 5.61. The van der Waals surface area contributed by atoms with Crippen LogP contribution in [0.3, 0.4) is 0 Å². The van der Waals surface area contributed by atoms with Crippen molar-refractivity contribution in [2.24, 2.45) is 0 Å². The van der Waals surface area contributed by atoms with E-state index in [0.29, 0.717) is 18.4 Å². The third-order valence-corrected chi connectivity index (χ3v) is 3.36. The number of pyridine rings is 1. The molecule has 1 aromatic heterocycles.